The van der Waals surface area contributed by atoms with Crippen LogP contribution in [0.5, 0.6) is 0 Å². The SMILES string of the molecule is Cc1nsc(Nc2ccn(C)n2)c1C#N. The van der Waals surface area contributed by atoms with Crippen molar-refractivity contribution in [2.24, 2.45) is 7.05 Å². The Morgan fingerprint density at radius 2 is 2.40 bits per heavy atom. The van der Waals surface area contributed by atoms with Gasteiger partial charge >= 0.3 is 0 Å². The largest absolute Gasteiger partial charge is 0.328 e. The summed E-state index contributed by atoms with van der Waals surface area (Å²) < 4.78 is 5.81. The summed E-state index contributed by atoms with van der Waals surface area (Å²) in [6.45, 7) is 1.82. The second kappa shape index (κ2) is 3.71. The Kier molecular flexibility index (Phi) is 2.39. The van der Waals surface area contributed by atoms with Gasteiger partial charge in [-0.05, 0) is 18.5 Å². The lowest BCUT2D eigenvalue weighted by Gasteiger charge is -1.97. The minimum Gasteiger partial charge on any atom is -0.328 e. The van der Waals surface area contributed by atoms with Gasteiger partial charge in [-0.2, -0.15) is 14.7 Å². The molecule has 0 unspecified atom stereocenters. The van der Waals surface area contributed by atoms with E-state index in [1.807, 2.05) is 26.2 Å². The van der Waals surface area contributed by atoms with Crippen LogP contribution in [0.4, 0.5) is 10.8 Å². The third-order valence-corrected chi connectivity index (χ3v) is 2.78. The van der Waals surface area contributed by atoms with E-state index in [0.29, 0.717) is 5.56 Å². The van der Waals surface area contributed by atoms with Gasteiger partial charge in [0.25, 0.3) is 0 Å². The van der Waals surface area contributed by atoms with E-state index in [4.69, 9.17) is 5.26 Å². The minimum absolute atomic E-state index is 0.589. The lowest BCUT2D eigenvalue weighted by molar-refractivity contribution is 0.771. The normalized spacial score (nSPS) is 9.93. The number of nitrogens with one attached hydrogen (secondary N) is 1. The molecular formula is C9H9N5S. The molecule has 0 fully saturated rings. The first-order chi connectivity index (χ1) is 7.20. The van der Waals surface area contributed by atoms with E-state index < -0.39 is 0 Å². The third-order valence-electron chi connectivity index (χ3n) is 1.93. The van der Waals surface area contributed by atoms with Gasteiger partial charge in [0.05, 0.1) is 5.69 Å². The Morgan fingerprint density at radius 3 is 3.00 bits per heavy atom. The highest BCUT2D eigenvalue weighted by Gasteiger charge is 2.10. The molecule has 0 saturated carbocycles. The number of hydrogen-bond donors (Lipinski definition) is 1. The maximum absolute atomic E-state index is 8.92. The smallest absolute Gasteiger partial charge is 0.153 e. The van der Waals surface area contributed by atoms with E-state index in [1.54, 1.807) is 4.68 Å². The molecule has 2 aromatic rings. The van der Waals surface area contributed by atoms with Gasteiger partial charge in [-0.1, -0.05) is 0 Å². The van der Waals surface area contributed by atoms with E-state index in [-0.39, 0.29) is 0 Å². The van der Waals surface area contributed by atoms with Crippen molar-refractivity contribution in [3.8, 4) is 6.07 Å². The van der Waals surface area contributed by atoms with Crippen molar-refractivity contribution < 1.29 is 0 Å². The van der Waals surface area contributed by atoms with Crippen molar-refractivity contribution >= 4 is 22.4 Å². The van der Waals surface area contributed by atoms with E-state index in [2.05, 4.69) is 20.9 Å². The number of aromatic nitrogens is 3. The third kappa shape index (κ3) is 1.82. The fourth-order valence-electron chi connectivity index (χ4n) is 1.18. The second-order valence-corrected chi connectivity index (χ2v) is 3.86. The number of anilines is 2. The Labute approximate surface area is 91.1 Å². The lowest BCUT2D eigenvalue weighted by Crippen LogP contribution is -1.93. The van der Waals surface area contributed by atoms with Crippen LogP contribution in [0.2, 0.25) is 0 Å². The summed E-state index contributed by atoms with van der Waals surface area (Å²) in [6, 6.07) is 3.97. The van der Waals surface area contributed by atoms with Crippen molar-refractivity contribution in [1.29, 1.82) is 5.26 Å². The van der Waals surface area contributed by atoms with Crippen molar-refractivity contribution in [3.63, 3.8) is 0 Å². The molecule has 0 spiro atoms. The molecule has 76 valence electrons. The maximum Gasteiger partial charge on any atom is 0.153 e. The first kappa shape index (κ1) is 9.68. The highest BCUT2D eigenvalue weighted by Crippen LogP contribution is 2.26. The Hall–Kier alpha value is -1.87. The molecule has 0 aliphatic heterocycles. The summed E-state index contributed by atoms with van der Waals surface area (Å²) in [5.41, 5.74) is 1.34. The monoisotopic (exact) mass is 219 g/mol. The average molecular weight is 219 g/mol. The molecule has 0 radical (unpaired) electrons. The first-order valence-corrected chi connectivity index (χ1v) is 5.11. The fourth-order valence-corrected chi connectivity index (χ4v) is 1.94. The van der Waals surface area contributed by atoms with Crippen LogP contribution in [-0.4, -0.2) is 14.2 Å². The predicted octanol–water partition coefficient (Wildman–Crippen LogP) is 1.80. The summed E-state index contributed by atoms with van der Waals surface area (Å²) in [5, 5.41) is 16.9. The number of hydrogen-bond acceptors (Lipinski definition) is 5. The van der Waals surface area contributed by atoms with Gasteiger partial charge in [0.2, 0.25) is 0 Å². The lowest BCUT2D eigenvalue weighted by atomic mass is 10.3. The molecule has 15 heavy (non-hydrogen) atoms. The molecule has 5 nitrogen and oxygen atoms in total. The molecule has 0 saturated heterocycles. The molecule has 0 aliphatic rings. The molecule has 2 heterocycles. The topological polar surface area (TPSA) is 66.5 Å². The summed E-state index contributed by atoms with van der Waals surface area (Å²) in [6.07, 6.45) is 1.84. The maximum atomic E-state index is 8.92. The summed E-state index contributed by atoms with van der Waals surface area (Å²) in [4.78, 5) is 0. The molecule has 2 aromatic heterocycles. The summed E-state index contributed by atoms with van der Waals surface area (Å²) in [7, 11) is 1.84. The Bertz CT molecular complexity index is 519. The van der Waals surface area contributed by atoms with Crippen LogP contribution in [-0.2, 0) is 7.05 Å². The van der Waals surface area contributed by atoms with E-state index in [9.17, 15) is 0 Å². The quantitative estimate of drug-likeness (QED) is 0.836. The zero-order chi connectivity index (χ0) is 10.8. The molecular weight excluding hydrogens is 210 g/mol. The van der Waals surface area contributed by atoms with Crippen LogP contribution in [0.3, 0.4) is 0 Å². The van der Waals surface area contributed by atoms with Crippen molar-refractivity contribution in [3.05, 3.63) is 23.5 Å². The zero-order valence-electron chi connectivity index (χ0n) is 8.35. The second-order valence-electron chi connectivity index (χ2n) is 3.08. The van der Waals surface area contributed by atoms with Gasteiger partial charge < -0.3 is 5.32 Å². The Balaban J connectivity index is 2.29. The first-order valence-electron chi connectivity index (χ1n) is 4.33. The zero-order valence-corrected chi connectivity index (χ0v) is 9.17. The van der Waals surface area contributed by atoms with Crippen molar-refractivity contribution in [2.75, 3.05) is 5.32 Å². The molecule has 0 bridgehead atoms. The standard InChI is InChI=1S/C9H9N5S/c1-6-7(5-10)9(15-13-6)11-8-3-4-14(2)12-8/h3-4H,1-2H3,(H,11,12). The highest BCUT2D eigenvalue weighted by molar-refractivity contribution is 7.10. The fraction of sp³-hybridized carbons (Fsp3) is 0.222. The van der Waals surface area contributed by atoms with Crippen LogP contribution in [0, 0.1) is 18.3 Å². The van der Waals surface area contributed by atoms with Crippen LogP contribution in [0.25, 0.3) is 0 Å². The number of aryl methyl sites for hydroxylation is 2. The Morgan fingerprint density at radius 1 is 1.60 bits per heavy atom. The number of nitrogens with zero attached hydrogens (tertiary/aromatic N) is 4. The van der Waals surface area contributed by atoms with Crippen LogP contribution < -0.4 is 5.32 Å². The van der Waals surface area contributed by atoms with Crippen LogP contribution >= 0.6 is 11.5 Å². The predicted molar refractivity (Wildman–Crippen MR) is 58.1 cm³/mol. The molecule has 6 heteroatoms. The van der Waals surface area contributed by atoms with Gasteiger partial charge in [-0.15, -0.1) is 0 Å². The van der Waals surface area contributed by atoms with Gasteiger partial charge in [-0.25, -0.2) is 0 Å². The van der Waals surface area contributed by atoms with Crippen molar-refractivity contribution in [2.45, 2.75) is 6.92 Å². The van der Waals surface area contributed by atoms with Gasteiger partial charge in [0.15, 0.2) is 5.82 Å². The number of nitriles is 1. The molecule has 1 N–H and O–H groups in total. The van der Waals surface area contributed by atoms with Gasteiger partial charge in [0.1, 0.15) is 16.6 Å². The van der Waals surface area contributed by atoms with Crippen LogP contribution in [0.1, 0.15) is 11.3 Å². The summed E-state index contributed by atoms with van der Waals surface area (Å²) >= 11 is 1.27. The number of rotatable bonds is 2. The molecule has 0 amide bonds. The molecule has 0 aliphatic carbocycles. The molecule has 2 rings (SSSR count). The van der Waals surface area contributed by atoms with Crippen molar-refractivity contribution in [1.82, 2.24) is 14.2 Å². The van der Waals surface area contributed by atoms with Gasteiger partial charge in [0, 0.05) is 19.3 Å². The van der Waals surface area contributed by atoms with Gasteiger partial charge in [-0.3, -0.25) is 4.68 Å². The molecule has 0 atom stereocenters. The summed E-state index contributed by atoms with van der Waals surface area (Å²) in [5.74, 6) is 0.720. The van der Waals surface area contributed by atoms with Crippen LogP contribution in [0.15, 0.2) is 12.3 Å². The van der Waals surface area contributed by atoms with E-state index >= 15 is 0 Å². The molecule has 0 aromatic carbocycles. The highest BCUT2D eigenvalue weighted by atomic mass is 32.1. The van der Waals surface area contributed by atoms with E-state index in [1.165, 1.54) is 11.5 Å². The minimum atomic E-state index is 0.589. The average Bonchev–Trinajstić information content (AvgIpc) is 2.75. The van der Waals surface area contributed by atoms with E-state index in [0.717, 1.165) is 16.5 Å².